The van der Waals surface area contributed by atoms with Crippen molar-refractivity contribution in [1.29, 1.82) is 0 Å². The molecule has 1 atom stereocenters. The average Bonchev–Trinajstić information content (AvgIpc) is 2.83. The third-order valence-electron chi connectivity index (χ3n) is 4.05. The normalized spacial score (nSPS) is 18.2. The van der Waals surface area contributed by atoms with E-state index in [9.17, 15) is 0 Å². The monoisotopic (exact) mass is 302 g/mol. The fourth-order valence-electron chi connectivity index (χ4n) is 2.95. The van der Waals surface area contributed by atoms with E-state index in [0.717, 1.165) is 47.5 Å². The quantitative estimate of drug-likeness (QED) is 0.632. The van der Waals surface area contributed by atoms with E-state index < -0.39 is 0 Å². The zero-order valence-electron chi connectivity index (χ0n) is 12.5. The first-order valence-electron chi connectivity index (χ1n) is 7.79. The summed E-state index contributed by atoms with van der Waals surface area (Å²) in [5, 5.41) is 0. The fourth-order valence-corrected chi connectivity index (χ4v) is 3.22. The first kappa shape index (κ1) is 14.4. The van der Waals surface area contributed by atoms with Crippen molar-refractivity contribution in [3.05, 3.63) is 35.1 Å². The third-order valence-corrected chi connectivity index (χ3v) is 4.37. The Labute approximate surface area is 130 Å². The number of H-pyrrole nitrogens is 1. The van der Waals surface area contributed by atoms with Crippen LogP contribution in [0.5, 0.6) is 5.75 Å². The second-order valence-electron chi connectivity index (χ2n) is 5.69. The summed E-state index contributed by atoms with van der Waals surface area (Å²) in [7, 11) is 0. The number of hydrogen-bond donors (Lipinski definition) is 1. The molecule has 3 rings (SSSR count). The zero-order valence-corrected chi connectivity index (χ0v) is 13.3. The Balaban J connectivity index is 1.93. The summed E-state index contributed by atoms with van der Waals surface area (Å²) in [5.41, 5.74) is 2.19. The molecular formula is C17H22N2OS. The predicted octanol–water partition coefficient (Wildman–Crippen LogP) is 4.84. The van der Waals surface area contributed by atoms with Crippen LogP contribution in [-0.2, 0) is 6.54 Å². The lowest BCUT2D eigenvalue weighted by atomic mass is 9.94. The summed E-state index contributed by atoms with van der Waals surface area (Å²) in [6.07, 6.45) is 9.17. The van der Waals surface area contributed by atoms with Gasteiger partial charge in [-0.3, -0.25) is 0 Å². The molecule has 3 nitrogen and oxygen atoms in total. The number of imidazole rings is 1. The Morgan fingerprint density at radius 2 is 2.29 bits per heavy atom. The molecule has 0 spiro atoms. The van der Waals surface area contributed by atoms with Gasteiger partial charge in [0.1, 0.15) is 11.3 Å². The molecule has 0 saturated heterocycles. The van der Waals surface area contributed by atoms with Crippen LogP contribution in [-0.4, -0.2) is 16.2 Å². The van der Waals surface area contributed by atoms with E-state index in [-0.39, 0.29) is 0 Å². The molecule has 0 bridgehead atoms. The van der Waals surface area contributed by atoms with Crippen molar-refractivity contribution >= 4 is 23.3 Å². The predicted molar refractivity (Wildman–Crippen MR) is 89.4 cm³/mol. The number of nitrogens with zero attached hydrogens (tertiary/aromatic N) is 1. The highest BCUT2D eigenvalue weighted by molar-refractivity contribution is 7.71. The van der Waals surface area contributed by atoms with Gasteiger partial charge in [0.25, 0.3) is 0 Å². The van der Waals surface area contributed by atoms with Gasteiger partial charge in [-0.05, 0) is 56.0 Å². The smallest absolute Gasteiger partial charge is 0.178 e. The second-order valence-corrected chi connectivity index (χ2v) is 6.08. The number of ether oxygens (including phenoxy) is 1. The van der Waals surface area contributed by atoms with Crippen LogP contribution in [0.1, 0.15) is 32.6 Å². The molecule has 0 fully saturated rings. The standard InChI is InChI=1S/C17H22N2OS/c1-2-11-20-15-10-6-9-14-16(15)18-17(21)19(14)12-13-7-4-3-5-8-13/h3-4,6,9-10,13H,2,5,7-8,11-12H2,1H3,(H,18,21). The van der Waals surface area contributed by atoms with Crippen LogP contribution in [0, 0.1) is 10.7 Å². The Morgan fingerprint density at radius 3 is 3.05 bits per heavy atom. The van der Waals surface area contributed by atoms with E-state index in [1.165, 1.54) is 12.8 Å². The molecule has 1 aromatic carbocycles. The van der Waals surface area contributed by atoms with Crippen LogP contribution in [0.2, 0.25) is 0 Å². The summed E-state index contributed by atoms with van der Waals surface area (Å²) in [6, 6.07) is 6.18. The molecule has 112 valence electrons. The van der Waals surface area contributed by atoms with E-state index in [2.05, 4.69) is 34.7 Å². The zero-order chi connectivity index (χ0) is 14.7. The molecule has 2 aromatic rings. The summed E-state index contributed by atoms with van der Waals surface area (Å²) in [4.78, 5) is 3.33. The van der Waals surface area contributed by atoms with E-state index >= 15 is 0 Å². The number of nitrogens with one attached hydrogen (secondary N) is 1. The maximum atomic E-state index is 5.82. The minimum Gasteiger partial charge on any atom is -0.491 e. The Hall–Kier alpha value is -1.55. The second kappa shape index (κ2) is 6.48. The van der Waals surface area contributed by atoms with Crippen LogP contribution < -0.4 is 4.74 Å². The first-order valence-corrected chi connectivity index (χ1v) is 8.19. The first-order chi connectivity index (χ1) is 10.3. The van der Waals surface area contributed by atoms with Gasteiger partial charge in [-0.25, -0.2) is 0 Å². The van der Waals surface area contributed by atoms with Gasteiger partial charge in [0, 0.05) is 6.54 Å². The van der Waals surface area contributed by atoms with Crippen LogP contribution in [0.15, 0.2) is 30.4 Å². The molecule has 1 unspecified atom stereocenters. The number of rotatable bonds is 5. The van der Waals surface area contributed by atoms with Crippen LogP contribution in [0.25, 0.3) is 11.0 Å². The number of para-hydroxylation sites is 1. The molecule has 4 heteroatoms. The van der Waals surface area contributed by atoms with Crippen molar-refractivity contribution < 1.29 is 4.74 Å². The van der Waals surface area contributed by atoms with Crippen molar-refractivity contribution in [1.82, 2.24) is 9.55 Å². The van der Waals surface area contributed by atoms with E-state index in [0.29, 0.717) is 5.92 Å². The largest absolute Gasteiger partial charge is 0.491 e. The lowest BCUT2D eigenvalue weighted by molar-refractivity contribution is 0.320. The van der Waals surface area contributed by atoms with Crippen molar-refractivity contribution in [3.8, 4) is 5.75 Å². The number of aromatic amines is 1. The Bertz CT molecular complexity index is 698. The molecule has 1 aromatic heterocycles. The van der Waals surface area contributed by atoms with Gasteiger partial charge in [0.15, 0.2) is 4.77 Å². The summed E-state index contributed by atoms with van der Waals surface area (Å²) >= 11 is 5.53. The Kier molecular flexibility index (Phi) is 4.44. The van der Waals surface area contributed by atoms with E-state index in [1.807, 2.05) is 12.1 Å². The maximum absolute atomic E-state index is 5.82. The fraction of sp³-hybridized carbons (Fsp3) is 0.471. The van der Waals surface area contributed by atoms with Gasteiger partial charge in [0.05, 0.1) is 12.1 Å². The van der Waals surface area contributed by atoms with E-state index in [4.69, 9.17) is 17.0 Å². The molecule has 0 saturated carbocycles. The molecule has 0 amide bonds. The van der Waals surface area contributed by atoms with Gasteiger partial charge < -0.3 is 14.3 Å². The molecule has 0 aliphatic heterocycles. The Morgan fingerprint density at radius 1 is 1.38 bits per heavy atom. The lowest BCUT2D eigenvalue weighted by Gasteiger charge is -2.18. The van der Waals surface area contributed by atoms with Crippen LogP contribution in [0.4, 0.5) is 0 Å². The SMILES string of the molecule is CCCOc1cccc2c1[nH]c(=S)n2CC1CC=CCC1. The van der Waals surface area contributed by atoms with E-state index in [1.54, 1.807) is 0 Å². The van der Waals surface area contributed by atoms with Crippen molar-refractivity contribution in [3.63, 3.8) is 0 Å². The number of aromatic nitrogens is 2. The summed E-state index contributed by atoms with van der Waals surface area (Å²) < 4.78 is 8.85. The van der Waals surface area contributed by atoms with Gasteiger partial charge >= 0.3 is 0 Å². The van der Waals surface area contributed by atoms with Gasteiger partial charge in [0.2, 0.25) is 0 Å². The van der Waals surface area contributed by atoms with Crippen LogP contribution >= 0.6 is 12.2 Å². The summed E-state index contributed by atoms with van der Waals surface area (Å²) in [5.74, 6) is 1.59. The lowest BCUT2D eigenvalue weighted by Crippen LogP contribution is -2.12. The van der Waals surface area contributed by atoms with Crippen molar-refractivity contribution in [2.45, 2.75) is 39.2 Å². The molecule has 1 N–H and O–H groups in total. The number of fused-ring (bicyclic) bond motifs is 1. The van der Waals surface area contributed by atoms with Gasteiger partial charge in [-0.15, -0.1) is 0 Å². The molecule has 0 radical (unpaired) electrons. The number of allylic oxidation sites excluding steroid dienone is 2. The highest BCUT2D eigenvalue weighted by Gasteiger charge is 2.15. The highest BCUT2D eigenvalue weighted by atomic mass is 32.1. The molecular weight excluding hydrogens is 280 g/mol. The topological polar surface area (TPSA) is 29.9 Å². The maximum Gasteiger partial charge on any atom is 0.178 e. The number of hydrogen-bond acceptors (Lipinski definition) is 2. The number of benzene rings is 1. The molecule has 1 aliphatic carbocycles. The summed E-state index contributed by atoms with van der Waals surface area (Å²) in [6.45, 7) is 3.84. The van der Waals surface area contributed by atoms with Gasteiger partial charge in [-0.2, -0.15) is 0 Å². The molecule has 1 heterocycles. The molecule has 21 heavy (non-hydrogen) atoms. The average molecular weight is 302 g/mol. The van der Waals surface area contributed by atoms with Crippen LogP contribution in [0.3, 0.4) is 0 Å². The minimum atomic E-state index is 0.681. The van der Waals surface area contributed by atoms with Crippen molar-refractivity contribution in [2.75, 3.05) is 6.61 Å². The van der Waals surface area contributed by atoms with Gasteiger partial charge in [-0.1, -0.05) is 25.1 Å². The minimum absolute atomic E-state index is 0.681. The third kappa shape index (κ3) is 3.05. The van der Waals surface area contributed by atoms with Crippen molar-refractivity contribution in [2.24, 2.45) is 5.92 Å². The highest BCUT2D eigenvalue weighted by Crippen LogP contribution is 2.27. The molecule has 1 aliphatic rings.